The van der Waals surface area contributed by atoms with Crippen LogP contribution in [0, 0.1) is 16.0 Å². The van der Waals surface area contributed by atoms with Crippen LogP contribution in [0.4, 0.5) is 5.88 Å². The Morgan fingerprint density at radius 2 is 2.38 bits per heavy atom. The quantitative estimate of drug-likeness (QED) is 0.595. The fourth-order valence-corrected chi connectivity index (χ4v) is 1.77. The lowest BCUT2D eigenvalue weighted by Gasteiger charge is -2.11. The molecule has 1 aromatic rings. The van der Waals surface area contributed by atoms with E-state index in [1.807, 2.05) is 0 Å². The Kier molecular flexibility index (Phi) is 3.24. The topological polar surface area (TPSA) is 68.3 Å². The average Bonchev–Trinajstić information content (AvgIpc) is 2.91. The van der Waals surface area contributed by atoms with E-state index < -0.39 is 4.92 Å². The van der Waals surface area contributed by atoms with Gasteiger partial charge in [0.05, 0.1) is 12.6 Å². The van der Waals surface area contributed by atoms with E-state index in [0.717, 1.165) is 5.92 Å². The summed E-state index contributed by atoms with van der Waals surface area (Å²) in [6.45, 7) is 2.69. The molecule has 1 atom stereocenters. The van der Waals surface area contributed by atoms with Gasteiger partial charge >= 0.3 is 5.88 Å². The zero-order valence-electron chi connectivity index (χ0n) is 9.31. The lowest BCUT2D eigenvalue weighted by Crippen LogP contribution is -2.25. The summed E-state index contributed by atoms with van der Waals surface area (Å²) >= 11 is 0. The van der Waals surface area contributed by atoms with Crippen LogP contribution in [0.25, 0.3) is 0 Å². The second-order valence-corrected chi connectivity index (χ2v) is 4.46. The molecule has 0 aromatic carbocycles. The summed E-state index contributed by atoms with van der Waals surface area (Å²) in [4.78, 5) is 9.88. The minimum Gasteiger partial charge on any atom is -0.404 e. The number of nitrogens with zero attached hydrogens (tertiary/aromatic N) is 1. The molecule has 0 amide bonds. The fourth-order valence-electron chi connectivity index (χ4n) is 1.77. The van der Waals surface area contributed by atoms with Crippen molar-refractivity contribution in [1.29, 1.82) is 0 Å². The Hall–Kier alpha value is -1.36. The molecular weight excluding hydrogens is 208 g/mol. The van der Waals surface area contributed by atoms with Crippen LogP contribution in [-0.4, -0.2) is 11.0 Å². The lowest BCUT2D eigenvalue weighted by atomic mass is 10.1. The third-order valence-electron chi connectivity index (χ3n) is 2.84. The Morgan fingerprint density at radius 3 is 2.94 bits per heavy atom. The van der Waals surface area contributed by atoms with E-state index in [1.165, 1.54) is 25.3 Å². The van der Waals surface area contributed by atoms with Gasteiger partial charge in [-0.05, 0) is 25.3 Å². The Balaban J connectivity index is 1.76. The van der Waals surface area contributed by atoms with E-state index in [-0.39, 0.29) is 5.88 Å². The van der Waals surface area contributed by atoms with Crippen molar-refractivity contribution in [1.82, 2.24) is 5.32 Å². The van der Waals surface area contributed by atoms with Crippen LogP contribution in [0.5, 0.6) is 0 Å². The predicted octanol–water partition coefficient (Wildman–Crippen LogP) is 2.47. The summed E-state index contributed by atoms with van der Waals surface area (Å²) in [5.74, 6) is 1.31. The monoisotopic (exact) mass is 224 g/mol. The Bertz CT molecular complexity index is 371. The maximum atomic E-state index is 10.4. The molecule has 0 radical (unpaired) electrons. The van der Waals surface area contributed by atoms with E-state index in [4.69, 9.17) is 4.42 Å². The molecule has 0 spiro atoms. The molecule has 88 valence electrons. The van der Waals surface area contributed by atoms with E-state index in [1.54, 1.807) is 6.07 Å². The first-order valence-electron chi connectivity index (χ1n) is 5.61. The minimum atomic E-state index is -0.517. The van der Waals surface area contributed by atoms with Crippen LogP contribution in [0.2, 0.25) is 0 Å². The van der Waals surface area contributed by atoms with E-state index in [0.29, 0.717) is 18.3 Å². The van der Waals surface area contributed by atoms with Gasteiger partial charge < -0.3 is 9.73 Å². The molecule has 1 aromatic heterocycles. The number of nitro groups is 1. The zero-order chi connectivity index (χ0) is 11.5. The minimum absolute atomic E-state index is 0.188. The van der Waals surface area contributed by atoms with Gasteiger partial charge in [-0.15, -0.1) is 0 Å². The van der Waals surface area contributed by atoms with Crippen molar-refractivity contribution in [2.45, 2.75) is 38.8 Å². The highest BCUT2D eigenvalue weighted by atomic mass is 16.6. The van der Waals surface area contributed by atoms with Crippen LogP contribution in [0.1, 0.15) is 31.9 Å². The van der Waals surface area contributed by atoms with Crippen molar-refractivity contribution >= 4 is 5.88 Å². The standard InChI is InChI=1S/C11H16N2O3/c1-8(6-9-2-3-9)12-7-10-4-5-11(16-10)13(14)15/h4-5,8-9,12H,2-3,6-7H2,1H3. The molecule has 0 aliphatic heterocycles. The molecule has 0 bridgehead atoms. The highest BCUT2D eigenvalue weighted by Gasteiger charge is 2.23. The van der Waals surface area contributed by atoms with Crippen LogP contribution in [0.3, 0.4) is 0 Å². The van der Waals surface area contributed by atoms with Crippen LogP contribution >= 0.6 is 0 Å². The van der Waals surface area contributed by atoms with Gasteiger partial charge in [-0.3, -0.25) is 10.1 Å². The largest absolute Gasteiger partial charge is 0.433 e. The maximum absolute atomic E-state index is 10.4. The summed E-state index contributed by atoms with van der Waals surface area (Å²) < 4.78 is 5.05. The van der Waals surface area contributed by atoms with Crippen molar-refractivity contribution in [2.24, 2.45) is 5.92 Å². The molecule has 5 heteroatoms. The maximum Gasteiger partial charge on any atom is 0.433 e. The molecule has 1 fully saturated rings. The molecule has 2 rings (SSSR count). The molecule has 1 saturated carbocycles. The lowest BCUT2D eigenvalue weighted by molar-refractivity contribution is -0.402. The SMILES string of the molecule is CC(CC1CC1)NCc1ccc([N+](=O)[O-])o1. The van der Waals surface area contributed by atoms with Gasteiger partial charge in [0.25, 0.3) is 0 Å². The molecule has 1 aliphatic rings. The number of nitrogens with one attached hydrogen (secondary N) is 1. The van der Waals surface area contributed by atoms with Gasteiger partial charge in [0.1, 0.15) is 10.7 Å². The predicted molar refractivity (Wildman–Crippen MR) is 59.0 cm³/mol. The van der Waals surface area contributed by atoms with Crippen molar-refractivity contribution in [3.8, 4) is 0 Å². The smallest absolute Gasteiger partial charge is 0.404 e. The second-order valence-electron chi connectivity index (χ2n) is 4.46. The van der Waals surface area contributed by atoms with Crippen LogP contribution in [0.15, 0.2) is 16.5 Å². The van der Waals surface area contributed by atoms with Gasteiger partial charge in [0.15, 0.2) is 0 Å². The summed E-state index contributed by atoms with van der Waals surface area (Å²) in [6, 6.07) is 3.48. The molecule has 5 nitrogen and oxygen atoms in total. The summed E-state index contributed by atoms with van der Waals surface area (Å²) in [5.41, 5.74) is 0. The summed E-state index contributed by atoms with van der Waals surface area (Å²) in [7, 11) is 0. The van der Waals surface area contributed by atoms with Crippen LogP contribution in [-0.2, 0) is 6.54 Å². The van der Waals surface area contributed by atoms with Crippen LogP contribution < -0.4 is 5.32 Å². The second kappa shape index (κ2) is 4.65. The Morgan fingerprint density at radius 1 is 1.62 bits per heavy atom. The van der Waals surface area contributed by atoms with E-state index >= 15 is 0 Å². The van der Waals surface area contributed by atoms with Crippen molar-refractivity contribution in [3.63, 3.8) is 0 Å². The average molecular weight is 224 g/mol. The molecule has 1 N–H and O–H groups in total. The third kappa shape index (κ3) is 3.06. The molecular formula is C11H16N2O3. The first-order chi connectivity index (χ1) is 7.65. The number of hydrogen-bond donors (Lipinski definition) is 1. The highest BCUT2D eigenvalue weighted by molar-refractivity contribution is 5.17. The molecule has 1 unspecified atom stereocenters. The van der Waals surface area contributed by atoms with Gasteiger partial charge in [0.2, 0.25) is 0 Å². The van der Waals surface area contributed by atoms with Gasteiger partial charge in [0, 0.05) is 6.04 Å². The number of hydrogen-bond acceptors (Lipinski definition) is 4. The highest BCUT2D eigenvalue weighted by Crippen LogP contribution is 2.33. The number of rotatable bonds is 6. The summed E-state index contributed by atoms with van der Waals surface area (Å²) in [6.07, 6.45) is 3.87. The normalized spacial score (nSPS) is 17.3. The molecule has 16 heavy (non-hydrogen) atoms. The third-order valence-corrected chi connectivity index (χ3v) is 2.84. The van der Waals surface area contributed by atoms with Gasteiger partial charge in [-0.25, -0.2) is 0 Å². The Labute approximate surface area is 94.0 Å². The van der Waals surface area contributed by atoms with Gasteiger partial charge in [-0.2, -0.15) is 0 Å². The zero-order valence-corrected chi connectivity index (χ0v) is 9.31. The fraction of sp³-hybridized carbons (Fsp3) is 0.636. The van der Waals surface area contributed by atoms with Gasteiger partial charge in [-0.1, -0.05) is 12.8 Å². The molecule has 0 saturated heterocycles. The van der Waals surface area contributed by atoms with Crippen molar-refractivity contribution in [2.75, 3.05) is 0 Å². The first-order valence-corrected chi connectivity index (χ1v) is 5.61. The van der Waals surface area contributed by atoms with Crippen molar-refractivity contribution < 1.29 is 9.34 Å². The van der Waals surface area contributed by atoms with E-state index in [2.05, 4.69) is 12.2 Å². The van der Waals surface area contributed by atoms with E-state index in [9.17, 15) is 10.1 Å². The summed E-state index contributed by atoms with van der Waals surface area (Å²) in [5, 5.41) is 13.7. The first kappa shape index (κ1) is 11.1. The molecule has 1 heterocycles. The number of furan rings is 1. The molecule has 1 aliphatic carbocycles. The van der Waals surface area contributed by atoms with Crippen molar-refractivity contribution in [3.05, 3.63) is 28.0 Å².